The lowest BCUT2D eigenvalue weighted by Crippen LogP contribution is -2.47. The van der Waals surface area contributed by atoms with Gasteiger partial charge in [-0.15, -0.1) is 0 Å². The van der Waals surface area contributed by atoms with Crippen LogP contribution in [0.25, 0.3) is 89.2 Å². The Balaban J connectivity index is 0.000000149. The monoisotopic (exact) mass is 1660 g/mol. The van der Waals surface area contributed by atoms with Crippen molar-refractivity contribution in [2.75, 3.05) is 143 Å². The molecule has 0 spiro atoms. The van der Waals surface area contributed by atoms with Crippen LogP contribution in [0.2, 0.25) is 0 Å². The maximum Gasteiger partial charge on any atom is 0.197 e. The number of likely N-dealkylation sites (N-methyl/N-ethyl adjacent to an activating group) is 1. The molecule has 3 aliphatic heterocycles. The zero-order valence-electron chi connectivity index (χ0n) is 71.7. The molecule has 12 aromatic rings. The zero-order chi connectivity index (χ0) is 86.6. The number of aryl methyl sites for hydroxylation is 8. The lowest BCUT2D eigenvalue weighted by molar-refractivity contribution is 0.0501. The number of aromatic hydroxyl groups is 1. The molecule has 0 unspecified atom stereocenters. The van der Waals surface area contributed by atoms with Crippen molar-refractivity contribution in [3.8, 4) is 114 Å². The van der Waals surface area contributed by atoms with Gasteiger partial charge in [0.25, 0.3) is 0 Å². The number of phenols is 1. The number of benzene rings is 8. The smallest absolute Gasteiger partial charge is 0.197 e. The number of phenolic OH excluding ortho intramolecular Hbond substituents is 1. The van der Waals surface area contributed by atoms with Gasteiger partial charge in [-0.2, -0.15) is 0 Å². The van der Waals surface area contributed by atoms with Crippen LogP contribution in [-0.4, -0.2) is 191 Å². The number of fused-ring (bicyclic) bond motifs is 4. The molecule has 26 heteroatoms. The number of likely N-dealkylation sites (tertiary alicyclic amines) is 1. The summed E-state index contributed by atoms with van der Waals surface area (Å²) < 4.78 is 89.8. The summed E-state index contributed by atoms with van der Waals surface area (Å²) in [5.74, 6) is 8.20. The number of aliphatic hydroxyl groups is 2. The maximum atomic E-state index is 12.9. The van der Waals surface area contributed by atoms with Crippen LogP contribution >= 0.6 is 0 Å². The van der Waals surface area contributed by atoms with E-state index in [1.165, 1.54) is 79.1 Å². The van der Waals surface area contributed by atoms with Crippen LogP contribution in [-0.2, 0) is 4.74 Å². The van der Waals surface area contributed by atoms with Crippen LogP contribution in [0.5, 0.6) is 69.0 Å². The third-order valence-electron chi connectivity index (χ3n) is 21.5. The molecule has 3 aliphatic rings. The van der Waals surface area contributed by atoms with Crippen molar-refractivity contribution in [1.82, 2.24) is 14.7 Å². The molecule has 0 amide bonds. The molecular weight excluding hydrogens is 1550 g/mol. The molecule has 0 saturated carbocycles. The Morgan fingerprint density at radius 3 is 0.901 bits per heavy atom. The van der Waals surface area contributed by atoms with Gasteiger partial charge in [0.05, 0.1) is 63.5 Å². The van der Waals surface area contributed by atoms with E-state index < -0.39 is 12.2 Å². The Kier molecular flexibility index (Phi) is 28.8. The molecule has 26 nitrogen and oxygen atoms in total. The van der Waals surface area contributed by atoms with E-state index >= 15 is 0 Å². The fourth-order valence-electron chi connectivity index (χ4n) is 15.2. The van der Waals surface area contributed by atoms with Gasteiger partial charge in [0, 0.05) is 134 Å². The standard InChI is InChI=1S/C27H34N2O6.C27H33NO6.C22H22O6.C19H18O5/c1-17-10-19(23-14-22(31)26-24(33-5)12-21(32-4)13-25(26)35-23)11-18(2)27(17)34-16-20(30)15-29-8-6-28(3)7-9-29;1-17-10-19(11-18(2)27(17)33-16-20(29)15-28-8-6-5-7-9-28)23-14-22(30)26-24(32-4)12-21(31-3)13-25(26)34-23;1-12-5-14(6-13(2)22(12)27-11-16-10-26-16)18-9-17(23)21-19(25-4)7-15(24-3)8-20(21)28-18;1-10-5-12(6-11(2)19(10)21)15-9-14(20)18-16(23-4)7-13(22-3)8-17(18)24-15/h10-14,20,30H,6-9,15-16H2,1-5H3;10-14,20,29H,5-9,15-16H2,1-4H3;5-9,16H,10-11H2,1-4H3;5-9,21H,1-4H3/t2*20-;16-;/m111./s1. The number of hydrogen-bond donors (Lipinski definition) is 3. The van der Waals surface area contributed by atoms with Crippen molar-refractivity contribution >= 4 is 43.9 Å². The third-order valence-corrected chi connectivity index (χ3v) is 21.5. The van der Waals surface area contributed by atoms with Gasteiger partial charge >= 0.3 is 0 Å². The minimum Gasteiger partial charge on any atom is -0.507 e. The number of ether oxygens (including phenoxy) is 12. The highest BCUT2D eigenvalue weighted by atomic mass is 16.6. The molecule has 15 rings (SSSR count). The summed E-state index contributed by atoms with van der Waals surface area (Å²) in [4.78, 5) is 58.0. The minimum absolute atomic E-state index is 0.169. The van der Waals surface area contributed by atoms with Crippen molar-refractivity contribution < 1.29 is 89.8 Å². The topological polar surface area (TPSA) is 305 Å². The van der Waals surface area contributed by atoms with E-state index in [0.717, 1.165) is 130 Å². The second-order valence-corrected chi connectivity index (χ2v) is 30.6. The fraction of sp³-hybridized carbons (Fsp3) is 0.368. The van der Waals surface area contributed by atoms with Gasteiger partial charge in [0.2, 0.25) is 0 Å². The molecule has 3 atom stereocenters. The minimum atomic E-state index is -0.569. The van der Waals surface area contributed by atoms with Crippen molar-refractivity contribution in [3.63, 3.8) is 0 Å². The Morgan fingerprint density at radius 2 is 0.628 bits per heavy atom. The molecular formula is C95H107N3O23. The highest BCUT2D eigenvalue weighted by Gasteiger charge is 2.27. The van der Waals surface area contributed by atoms with Crippen LogP contribution in [0.4, 0.5) is 0 Å². The van der Waals surface area contributed by atoms with E-state index in [-0.39, 0.29) is 46.8 Å². The third kappa shape index (κ3) is 21.1. The highest BCUT2D eigenvalue weighted by molar-refractivity contribution is 5.90. The van der Waals surface area contributed by atoms with Crippen LogP contribution in [0.15, 0.2) is 158 Å². The number of β-amino-alcohol motifs (C(OH)–C–C–N with tert-alkyl or cyclic N) is 2. The Bertz CT molecular complexity index is 5900. The molecule has 0 bridgehead atoms. The normalized spacial score (nSPS) is 14.6. The van der Waals surface area contributed by atoms with Crippen LogP contribution in [0.3, 0.4) is 0 Å². The first kappa shape index (κ1) is 88.3. The predicted octanol–water partition coefficient (Wildman–Crippen LogP) is 15.1. The largest absolute Gasteiger partial charge is 0.507 e. The van der Waals surface area contributed by atoms with E-state index in [1.807, 2.05) is 77.9 Å². The second-order valence-electron chi connectivity index (χ2n) is 30.6. The van der Waals surface area contributed by atoms with E-state index in [2.05, 4.69) is 21.7 Å². The molecule has 3 fully saturated rings. The number of epoxide rings is 1. The Morgan fingerprint density at radius 1 is 0.355 bits per heavy atom. The molecule has 4 aromatic heterocycles. The number of aliphatic hydroxyl groups excluding tert-OH is 2. The van der Waals surface area contributed by atoms with Crippen molar-refractivity contribution in [1.29, 1.82) is 0 Å². The first-order valence-electron chi connectivity index (χ1n) is 40.1. The quantitative estimate of drug-likeness (QED) is 0.0448. The summed E-state index contributed by atoms with van der Waals surface area (Å²) >= 11 is 0. The first-order chi connectivity index (χ1) is 58.1. The number of nitrogens with zero attached hydrogens (tertiary/aromatic N) is 3. The first-order valence-corrected chi connectivity index (χ1v) is 40.1. The van der Waals surface area contributed by atoms with Gasteiger partial charge in [0.15, 0.2) is 21.7 Å². The van der Waals surface area contributed by atoms with E-state index in [9.17, 15) is 34.5 Å². The lowest BCUT2D eigenvalue weighted by atomic mass is 10.0. The molecule has 121 heavy (non-hydrogen) atoms. The van der Waals surface area contributed by atoms with Crippen molar-refractivity contribution in [2.24, 2.45) is 0 Å². The molecule has 7 heterocycles. The average Bonchev–Trinajstić information content (AvgIpc) is 1.72. The molecule has 640 valence electrons. The van der Waals surface area contributed by atoms with E-state index in [4.69, 9.17) is 74.5 Å². The Hall–Kier alpha value is -12.0. The number of hydrogen-bond acceptors (Lipinski definition) is 26. The second kappa shape index (κ2) is 39.4. The molecule has 3 N–H and O–H groups in total. The van der Waals surface area contributed by atoms with Crippen LogP contribution in [0, 0.1) is 55.4 Å². The molecule has 0 aliphatic carbocycles. The maximum absolute atomic E-state index is 12.9. The summed E-state index contributed by atoms with van der Waals surface area (Å²) in [5.41, 5.74) is 10.9. The predicted molar refractivity (Wildman–Crippen MR) is 466 cm³/mol. The van der Waals surface area contributed by atoms with Gasteiger partial charge in [-0.3, -0.25) is 24.1 Å². The van der Waals surface area contributed by atoms with Gasteiger partial charge in [-0.1, -0.05) is 6.42 Å². The number of piperazine rings is 1. The lowest BCUT2D eigenvalue weighted by Gasteiger charge is -2.33. The van der Waals surface area contributed by atoms with Gasteiger partial charge in [-0.25, -0.2) is 0 Å². The summed E-state index contributed by atoms with van der Waals surface area (Å²) in [6, 6.07) is 34.4. The van der Waals surface area contributed by atoms with Crippen LogP contribution in [0.1, 0.15) is 63.8 Å². The fourth-order valence-corrected chi connectivity index (χ4v) is 15.2. The summed E-state index contributed by atoms with van der Waals surface area (Å²) in [7, 11) is 14.3. The number of piperidine rings is 1. The molecule has 8 aromatic carbocycles. The average molecular weight is 1660 g/mol. The van der Waals surface area contributed by atoms with Crippen molar-refractivity contribution in [3.05, 3.63) is 207 Å². The number of methoxy groups -OCH3 is 8. The molecule has 3 saturated heterocycles. The van der Waals surface area contributed by atoms with E-state index in [0.29, 0.717) is 133 Å². The van der Waals surface area contributed by atoms with Gasteiger partial charge in [-0.05, 0) is 181 Å². The summed E-state index contributed by atoms with van der Waals surface area (Å²) in [5, 5.41) is 32.4. The molecule has 0 radical (unpaired) electrons. The summed E-state index contributed by atoms with van der Waals surface area (Å²) in [6.45, 7) is 24.4. The summed E-state index contributed by atoms with van der Waals surface area (Å²) in [6.07, 6.45) is 2.74. The van der Waals surface area contributed by atoms with Crippen molar-refractivity contribution in [2.45, 2.75) is 93.0 Å². The van der Waals surface area contributed by atoms with Crippen LogP contribution < -0.4 is 73.8 Å². The highest BCUT2D eigenvalue weighted by Crippen LogP contribution is 2.41. The van der Waals surface area contributed by atoms with E-state index in [1.54, 1.807) is 95.8 Å². The zero-order valence-corrected chi connectivity index (χ0v) is 71.7. The van der Waals surface area contributed by atoms with Gasteiger partial charge in [0.1, 0.15) is 174 Å². The SMILES string of the molecule is COc1cc(OC)c2c(=O)cc(-c3cc(C)c(O)c(C)c3)oc2c1.COc1cc(OC)c2c(=O)cc(-c3cc(C)c(OC[C@H](O)CN4CCCCC4)c(C)c3)oc2c1.COc1cc(OC)c2c(=O)cc(-c3cc(C)c(OC[C@H](O)CN4CCN(C)CC4)c(C)c3)oc2c1.COc1cc(OC)c2c(=O)cc(-c3cc(C)c(OC[C@H]4CO4)c(C)c3)oc2c1. The number of rotatable bonds is 25. The Labute approximate surface area is 701 Å². The van der Waals surface area contributed by atoms with Gasteiger partial charge < -0.3 is 99.6 Å².